The van der Waals surface area contributed by atoms with Crippen LogP contribution in [0.3, 0.4) is 0 Å². The third-order valence-electron chi connectivity index (χ3n) is 4.39. The number of nitrogens with zero attached hydrogens (tertiary/aromatic N) is 2. The Bertz CT molecular complexity index is 701. The molecule has 1 aliphatic heterocycles. The second-order valence-corrected chi connectivity index (χ2v) is 7.22. The van der Waals surface area contributed by atoms with Gasteiger partial charge in [-0.3, -0.25) is 9.69 Å². The van der Waals surface area contributed by atoms with Gasteiger partial charge in [0.2, 0.25) is 5.89 Å². The summed E-state index contributed by atoms with van der Waals surface area (Å²) in [5, 5.41) is 8.83. The van der Waals surface area contributed by atoms with Crippen molar-refractivity contribution < 1.29 is 14.3 Å². The van der Waals surface area contributed by atoms with Crippen molar-refractivity contribution in [3.05, 3.63) is 40.8 Å². The van der Waals surface area contributed by atoms with Crippen molar-refractivity contribution in [2.24, 2.45) is 5.92 Å². The van der Waals surface area contributed by atoms with Crippen molar-refractivity contribution in [2.75, 3.05) is 13.1 Å². The van der Waals surface area contributed by atoms with Gasteiger partial charge >= 0.3 is 5.97 Å². The van der Waals surface area contributed by atoms with Crippen LogP contribution in [0.15, 0.2) is 39.4 Å². The highest BCUT2D eigenvalue weighted by molar-refractivity contribution is 9.10. The first-order chi connectivity index (χ1) is 11.6. The summed E-state index contributed by atoms with van der Waals surface area (Å²) in [5.74, 6) is 1.22. The van der Waals surface area contributed by atoms with E-state index in [1.165, 1.54) is 0 Å². The first-order valence-electron chi connectivity index (χ1n) is 8.25. The molecule has 1 atom stereocenters. The van der Waals surface area contributed by atoms with Crippen LogP contribution in [-0.4, -0.2) is 34.0 Å². The molecule has 1 N–H and O–H groups in total. The minimum atomic E-state index is -0.710. The Morgan fingerprint density at radius 3 is 3.12 bits per heavy atom. The Morgan fingerprint density at radius 2 is 2.33 bits per heavy atom. The van der Waals surface area contributed by atoms with Crippen LogP contribution in [0.25, 0.3) is 11.3 Å². The van der Waals surface area contributed by atoms with Crippen LogP contribution in [0.1, 0.15) is 31.6 Å². The second kappa shape index (κ2) is 7.94. The first-order valence-corrected chi connectivity index (χ1v) is 9.04. The van der Waals surface area contributed by atoms with Gasteiger partial charge in [-0.05, 0) is 43.9 Å². The summed E-state index contributed by atoms with van der Waals surface area (Å²) in [4.78, 5) is 17.4. The minimum absolute atomic E-state index is 0.255. The Hall–Kier alpha value is -1.66. The highest BCUT2D eigenvalue weighted by Crippen LogP contribution is 2.26. The molecular weight excluding hydrogens is 372 g/mol. The van der Waals surface area contributed by atoms with Crippen LogP contribution in [0.5, 0.6) is 0 Å². The molecule has 2 heterocycles. The average molecular weight is 393 g/mol. The van der Waals surface area contributed by atoms with Gasteiger partial charge in [0.05, 0.1) is 12.7 Å². The SMILES string of the molecule is O=C(O)CCC1CCCN(Cc2ncc(-c3cccc(Br)c3)o2)C1. The lowest BCUT2D eigenvalue weighted by molar-refractivity contribution is -0.137. The number of hydrogen-bond acceptors (Lipinski definition) is 4. The molecule has 1 fully saturated rings. The third-order valence-corrected chi connectivity index (χ3v) is 4.88. The fourth-order valence-corrected chi connectivity index (χ4v) is 3.61. The largest absolute Gasteiger partial charge is 0.481 e. The number of piperidine rings is 1. The highest BCUT2D eigenvalue weighted by Gasteiger charge is 2.22. The Labute approximate surface area is 149 Å². The van der Waals surface area contributed by atoms with E-state index in [4.69, 9.17) is 9.52 Å². The highest BCUT2D eigenvalue weighted by atomic mass is 79.9. The van der Waals surface area contributed by atoms with E-state index >= 15 is 0 Å². The summed E-state index contributed by atoms with van der Waals surface area (Å²) >= 11 is 3.47. The number of aromatic nitrogens is 1. The second-order valence-electron chi connectivity index (χ2n) is 6.30. The molecule has 3 rings (SSSR count). The molecule has 0 saturated carbocycles. The van der Waals surface area contributed by atoms with Gasteiger partial charge in [-0.2, -0.15) is 0 Å². The van der Waals surface area contributed by atoms with Gasteiger partial charge in [-0.1, -0.05) is 28.1 Å². The fourth-order valence-electron chi connectivity index (χ4n) is 3.21. The lowest BCUT2D eigenvalue weighted by Gasteiger charge is -2.31. The van der Waals surface area contributed by atoms with Crippen LogP contribution in [0.4, 0.5) is 0 Å². The lowest BCUT2D eigenvalue weighted by atomic mass is 9.93. The lowest BCUT2D eigenvalue weighted by Crippen LogP contribution is -2.35. The van der Waals surface area contributed by atoms with E-state index in [2.05, 4.69) is 25.8 Å². The summed E-state index contributed by atoms with van der Waals surface area (Å²) in [6.07, 6.45) is 4.98. The number of carboxylic acids is 1. The van der Waals surface area contributed by atoms with E-state index in [1.807, 2.05) is 24.3 Å². The molecule has 1 saturated heterocycles. The number of halogens is 1. The maximum Gasteiger partial charge on any atom is 0.303 e. The van der Waals surface area contributed by atoms with E-state index in [9.17, 15) is 4.79 Å². The molecule has 5 nitrogen and oxygen atoms in total. The zero-order valence-electron chi connectivity index (χ0n) is 13.4. The number of rotatable bonds is 6. The van der Waals surface area contributed by atoms with Crippen molar-refractivity contribution in [3.8, 4) is 11.3 Å². The van der Waals surface area contributed by atoms with Crippen molar-refractivity contribution >= 4 is 21.9 Å². The maximum atomic E-state index is 10.7. The smallest absolute Gasteiger partial charge is 0.303 e. The molecule has 1 aliphatic rings. The Morgan fingerprint density at radius 1 is 1.46 bits per heavy atom. The van der Waals surface area contributed by atoms with E-state index in [1.54, 1.807) is 6.20 Å². The van der Waals surface area contributed by atoms with Gasteiger partial charge in [0.1, 0.15) is 0 Å². The van der Waals surface area contributed by atoms with Crippen molar-refractivity contribution in [1.82, 2.24) is 9.88 Å². The summed E-state index contributed by atoms with van der Waals surface area (Å²) < 4.78 is 6.90. The maximum absolute atomic E-state index is 10.7. The molecular formula is C18H21BrN2O3. The Balaban J connectivity index is 1.59. The number of carbonyl (C=O) groups is 1. The summed E-state index contributed by atoms with van der Waals surface area (Å²) in [7, 11) is 0. The molecule has 1 aromatic heterocycles. The van der Waals surface area contributed by atoms with Crippen LogP contribution in [-0.2, 0) is 11.3 Å². The molecule has 1 unspecified atom stereocenters. The van der Waals surface area contributed by atoms with E-state index < -0.39 is 5.97 Å². The zero-order valence-corrected chi connectivity index (χ0v) is 15.0. The molecule has 2 aromatic rings. The minimum Gasteiger partial charge on any atom is -0.481 e. The van der Waals surface area contributed by atoms with Crippen LogP contribution in [0.2, 0.25) is 0 Å². The molecule has 0 amide bonds. The predicted octanol–water partition coefficient (Wildman–Crippen LogP) is 4.18. The summed E-state index contributed by atoms with van der Waals surface area (Å²) in [6.45, 7) is 2.61. The molecule has 0 radical (unpaired) electrons. The Kier molecular flexibility index (Phi) is 5.68. The summed E-state index contributed by atoms with van der Waals surface area (Å²) in [6, 6.07) is 7.95. The third kappa shape index (κ3) is 4.68. The standard InChI is InChI=1S/C18H21BrN2O3/c19-15-5-1-4-14(9-15)16-10-20-17(24-16)12-21-8-2-3-13(11-21)6-7-18(22)23/h1,4-5,9-10,13H,2-3,6-8,11-12H2,(H,22,23). The van der Waals surface area contributed by atoms with Crippen molar-refractivity contribution in [1.29, 1.82) is 0 Å². The van der Waals surface area contributed by atoms with Gasteiger partial charge in [0, 0.05) is 23.0 Å². The van der Waals surface area contributed by atoms with Gasteiger partial charge < -0.3 is 9.52 Å². The average Bonchev–Trinajstić information content (AvgIpc) is 3.02. The van der Waals surface area contributed by atoms with E-state index in [0.29, 0.717) is 18.4 Å². The van der Waals surface area contributed by atoms with Gasteiger partial charge in [-0.15, -0.1) is 0 Å². The van der Waals surface area contributed by atoms with Crippen LogP contribution < -0.4 is 0 Å². The number of benzene rings is 1. The number of oxazole rings is 1. The van der Waals surface area contributed by atoms with Crippen molar-refractivity contribution in [3.63, 3.8) is 0 Å². The fraction of sp³-hybridized carbons (Fsp3) is 0.444. The quantitative estimate of drug-likeness (QED) is 0.798. The first kappa shape index (κ1) is 17.2. The number of carboxylic acid groups (broad SMARTS) is 1. The van der Waals surface area contributed by atoms with Crippen LogP contribution in [0, 0.1) is 5.92 Å². The normalized spacial score (nSPS) is 18.6. The predicted molar refractivity (Wildman–Crippen MR) is 94.5 cm³/mol. The van der Waals surface area contributed by atoms with E-state index in [0.717, 1.165) is 48.1 Å². The zero-order chi connectivity index (χ0) is 16.9. The van der Waals surface area contributed by atoms with E-state index in [-0.39, 0.29) is 6.42 Å². The van der Waals surface area contributed by atoms with Gasteiger partial charge in [0.25, 0.3) is 0 Å². The molecule has 1 aromatic carbocycles. The molecule has 0 spiro atoms. The van der Waals surface area contributed by atoms with Crippen LogP contribution >= 0.6 is 15.9 Å². The molecule has 24 heavy (non-hydrogen) atoms. The molecule has 6 heteroatoms. The molecule has 128 valence electrons. The van der Waals surface area contributed by atoms with Gasteiger partial charge in [-0.25, -0.2) is 4.98 Å². The number of aliphatic carboxylic acids is 1. The summed E-state index contributed by atoms with van der Waals surface area (Å²) in [5.41, 5.74) is 1.00. The number of hydrogen-bond donors (Lipinski definition) is 1. The molecule has 0 aliphatic carbocycles. The monoisotopic (exact) mass is 392 g/mol. The van der Waals surface area contributed by atoms with Gasteiger partial charge in [0.15, 0.2) is 5.76 Å². The van der Waals surface area contributed by atoms with Crippen molar-refractivity contribution in [2.45, 2.75) is 32.2 Å². The molecule has 0 bridgehead atoms. The topological polar surface area (TPSA) is 66.6 Å². The number of likely N-dealkylation sites (tertiary alicyclic amines) is 1.